The number of rotatable bonds is 3. The summed E-state index contributed by atoms with van der Waals surface area (Å²) in [6.07, 6.45) is 1.20. The number of nitrogens with zero attached hydrogens (tertiary/aromatic N) is 1. The molecule has 1 unspecified atom stereocenters. The zero-order chi connectivity index (χ0) is 11.9. The summed E-state index contributed by atoms with van der Waals surface area (Å²) in [5, 5.41) is 11.5. The van der Waals surface area contributed by atoms with Gasteiger partial charge in [-0.1, -0.05) is 13.8 Å². The molecule has 0 aromatic carbocycles. The molecule has 1 saturated heterocycles. The lowest BCUT2D eigenvalue weighted by molar-refractivity contribution is -0.139. The number of amides is 2. The second-order valence-electron chi connectivity index (χ2n) is 5.56. The number of carbonyl (C=O) groups is 2. The molecule has 0 bridgehead atoms. The second kappa shape index (κ2) is 3.64. The van der Waals surface area contributed by atoms with Gasteiger partial charge in [-0.15, -0.1) is 0 Å². The molecule has 1 saturated carbocycles. The molecule has 2 rings (SSSR count). The third-order valence-corrected chi connectivity index (χ3v) is 3.52. The van der Waals surface area contributed by atoms with Crippen LogP contribution in [0.15, 0.2) is 0 Å². The number of carbonyl (C=O) groups excluding carboxylic acids is 1. The Labute approximate surface area is 94.8 Å². The quantitative estimate of drug-likeness (QED) is 0.751. The third-order valence-electron chi connectivity index (χ3n) is 3.52. The molecule has 1 heterocycles. The SMILES string of the molecule is CC1(C)CC1NC(=O)N1CC(CC(=O)O)C1. The van der Waals surface area contributed by atoms with Crippen molar-refractivity contribution >= 4 is 12.0 Å². The summed E-state index contributed by atoms with van der Waals surface area (Å²) >= 11 is 0. The highest BCUT2D eigenvalue weighted by molar-refractivity contribution is 5.76. The summed E-state index contributed by atoms with van der Waals surface area (Å²) in [6.45, 7) is 5.40. The van der Waals surface area contributed by atoms with Gasteiger partial charge in [-0.3, -0.25) is 4.79 Å². The summed E-state index contributed by atoms with van der Waals surface area (Å²) in [4.78, 5) is 23.8. The molecule has 2 amide bonds. The van der Waals surface area contributed by atoms with Gasteiger partial charge in [0.15, 0.2) is 0 Å². The molecule has 0 radical (unpaired) electrons. The molecule has 2 N–H and O–H groups in total. The number of hydrogen-bond acceptors (Lipinski definition) is 2. The minimum absolute atomic E-state index is 0.0442. The molecule has 5 heteroatoms. The Kier molecular flexibility index (Phi) is 2.56. The molecule has 0 spiro atoms. The average molecular weight is 226 g/mol. The first-order valence-electron chi connectivity index (χ1n) is 5.66. The smallest absolute Gasteiger partial charge is 0.317 e. The van der Waals surface area contributed by atoms with E-state index in [2.05, 4.69) is 19.2 Å². The molecule has 16 heavy (non-hydrogen) atoms. The molecule has 2 fully saturated rings. The Balaban J connectivity index is 1.68. The van der Waals surface area contributed by atoms with Crippen LogP contribution in [-0.2, 0) is 4.79 Å². The van der Waals surface area contributed by atoms with Crippen LogP contribution in [0.25, 0.3) is 0 Å². The van der Waals surface area contributed by atoms with Crippen molar-refractivity contribution < 1.29 is 14.7 Å². The van der Waals surface area contributed by atoms with Crippen molar-refractivity contribution in [3.63, 3.8) is 0 Å². The van der Waals surface area contributed by atoms with E-state index in [1.807, 2.05) is 0 Å². The summed E-state index contributed by atoms with van der Waals surface area (Å²) in [5.74, 6) is -0.649. The average Bonchev–Trinajstić information content (AvgIpc) is 2.64. The molecular formula is C11H18N2O3. The molecule has 0 aromatic rings. The number of carboxylic acid groups (broad SMARTS) is 1. The van der Waals surface area contributed by atoms with E-state index in [-0.39, 0.29) is 23.8 Å². The summed E-state index contributed by atoms with van der Waals surface area (Å²) in [7, 11) is 0. The summed E-state index contributed by atoms with van der Waals surface area (Å²) < 4.78 is 0. The first-order valence-corrected chi connectivity index (χ1v) is 5.66. The number of nitrogens with one attached hydrogen (secondary N) is 1. The molecule has 90 valence electrons. The van der Waals surface area contributed by atoms with E-state index in [1.54, 1.807) is 4.90 Å². The number of likely N-dealkylation sites (tertiary alicyclic amines) is 1. The maximum atomic E-state index is 11.7. The topological polar surface area (TPSA) is 69.6 Å². The Morgan fingerprint density at radius 1 is 1.44 bits per heavy atom. The first kappa shape index (κ1) is 11.2. The van der Waals surface area contributed by atoms with E-state index in [9.17, 15) is 9.59 Å². The molecule has 1 aliphatic heterocycles. The highest BCUT2D eigenvalue weighted by atomic mass is 16.4. The molecule has 5 nitrogen and oxygen atoms in total. The van der Waals surface area contributed by atoms with Crippen molar-refractivity contribution in [1.82, 2.24) is 10.2 Å². The van der Waals surface area contributed by atoms with Gasteiger partial charge in [0.2, 0.25) is 0 Å². The van der Waals surface area contributed by atoms with Crippen LogP contribution in [0.2, 0.25) is 0 Å². The molecule has 1 aliphatic carbocycles. The largest absolute Gasteiger partial charge is 0.481 e. The van der Waals surface area contributed by atoms with Gasteiger partial charge >= 0.3 is 12.0 Å². The summed E-state index contributed by atoms with van der Waals surface area (Å²) in [6, 6.07) is 0.246. The Bertz CT molecular complexity index is 321. The van der Waals surface area contributed by atoms with Crippen LogP contribution in [0.3, 0.4) is 0 Å². The second-order valence-corrected chi connectivity index (χ2v) is 5.56. The first-order chi connectivity index (χ1) is 7.38. The fourth-order valence-corrected chi connectivity index (χ4v) is 2.07. The monoisotopic (exact) mass is 226 g/mol. The maximum absolute atomic E-state index is 11.7. The number of aliphatic carboxylic acids is 1. The van der Waals surface area contributed by atoms with Gasteiger partial charge in [0.1, 0.15) is 0 Å². The standard InChI is InChI=1S/C11H18N2O3/c1-11(2)4-8(11)12-10(16)13-5-7(6-13)3-9(14)15/h7-8H,3-6H2,1-2H3,(H,12,16)(H,14,15). The zero-order valence-corrected chi connectivity index (χ0v) is 9.69. The Hall–Kier alpha value is -1.26. The van der Waals surface area contributed by atoms with E-state index in [1.165, 1.54) is 0 Å². The Morgan fingerprint density at radius 3 is 2.44 bits per heavy atom. The van der Waals surface area contributed by atoms with Gasteiger partial charge in [0.05, 0.1) is 6.42 Å². The van der Waals surface area contributed by atoms with Crippen molar-refractivity contribution in [2.75, 3.05) is 13.1 Å². The van der Waals surface area contributed by atoms with E-state index in [0.29, 0.717) is 19.1 Å². The predicted octanol–water partition coefficient (Wildman–Crippen LogP) is 0.901. The van der Waals surface area contributed by atoms with E-state index >= 15 is 0 Å². The fraction of sp³-hybridized carbons (Fsp3) is 0.818. The zero-order valence-electron chi connectivity index (χ0n) is 9.69. The normalized spacial score (nSPS) is 27.1. The highest BCUT2D eigenvalue weighted by Gasteiger charge is 2.47. The van der Waals surface area contributed by atoms with Gasteiger partial charge in [0, 0.05) is 25.0 Å². The van der Waals surface area contributed by atoms with E-state index in [4.69, 9.17) is 5.11 Å². The lowest BCUT2D eigenvalue weighted by Gasteiger charge is -2.38. The van der Waals surface area contributed by atoms with E-state index in [0.717, 1.165) is 6.42 Å². The fourth-order valence-electron chi connectivity index (χ4n) is 2.07. The van der Waals surface area contributed by atoms with Gasteiger partial charge < -0.3 is 15.3 Å². The van der Waals surface area contributed by atoms with Crippen molar-refractivity contribution in [2.24, 2.45) is 11.3 Å². The van der Waals surface area contributed by atoms with Crippen molar-refractivity contribution in [3.05, 3.63) is 0 Å². The highest BCUT2D eigenvalue weighted by Crippen LogP contribution is 2.44. The number of carboxylic acids is 1. The van der Waals surface area contributed by atoms with Crippen LogP contribution < -0.4 is 5.32 Å². The molecular weight excluding hydrogens is 208 g/mol. The Morgan fingerprint density at radius 2 is 2.00 bits per heavy atom. The summed E-state index contributed by atoms with van der Waals surface area (Å²) in [5.41, 5.74) is 0.237. The maximum Gasteiger partial charge on any atom is 0.317 e. The molecule has 2 aliphatic rings. The molecule has 0 aromatic heterocycles. The lowest BCUT2D eigenvalue weighted by Crippen LogP contribution is -2.54. The third kappa shape index (κ3) is 2.28. The van der Waals surface area contributed by atoms with Crippen molar-refractivity contribution in [1.29, 1.82) is 0 Å². The number of urea groups is 1. The van der Waals surface area contributed by atoms with Crippen LogP contribution in [0.5, 0.6) is 0 Å². The van der Waals surface area contributed by atoms with Crippen LogP contribution in [-0.4, -0.2) is 41.1 Å². The van der Waals surface area contributed by atoms with Crippen molar-refractivity contribution in [2.45, 2.75) is 32.7 Å². The number of hydrogen-bond donors (Lipinski definition) is 2. The lowest BCUT2D eigenvalue weighted by atomic mass is 9.97. The van der Waals surface area contributed by atoms with Gasteiger partial charge in [-0.05, 0) is 11.8 Å². The van der Waals surface area contributed by atoms with Gasteiger partial charge in [-0.2, -0.15) is 0 Å². The van der Waals surface area contributed by atoms with E-state index < -0.39 is 5.97 Å². The van der Waals surface area contributed by atoms with Crippen LogP contribution in [0.4, 0.5) is 4.79 Å². The van der Waals surface area contributed by atoms with Gasteiger partial charge in [-0.25, -0.2) is 4.79 Å². The predicted molar refractivity (Wildman–Crippen MR) is 58.0 cm³/mol. The molecule has 1 atom stereocenters. The van der Waals surface area contributed by atoms with Crippen molar-refractivity contribution in [3.8, 4) is 0 Å². The van der Waals surface area contributed by atoms with Gasteiger partial charge in [0.25, 0.3) is 0 Å². The van der Waals surface area contributed by atoms with Crippen LogP contribution in [0.1, 0.15) is 26.7 Å². The minimum atomic E-state index is -0.784. The minimum Gasteiger partial charge on any atom is -0.481 e. The van der Waals surface area contributed by atoms with Crippen LogP contribution >= 0.6 is 0 Å². The van der Waals surface area contributed by atoms with Crippen LogP contribution in [0, 0.1) is 11.3 Å².